The maximum Gasteiger partial charge on any atom is 0.239 e. The smallest absolute Gasteiger partial charge is 0.239 e. The largest absolute Gasteiger partial charge is 0.383 e. The molecule has 0 fully saturated rings. The first-order valence-corrected chi connectivity index (χ1v) is 5.67. The highest BCUT2D eigenvalue weighted by Crippen LogP contribution is 2.06. The highest BCUT2D eigenvalue weighted by molar-refractivity contribution is 5.81. The van der Waals surface area contributed by atoms with Crippen molar-refractivity contribution >= 4 is 5.91 Å². The highest BCUT2D eigenvalue weighted by Gasteiger charge is 2.20. The Kier molecular flexibility index (Phi) is 7.85. The van der Waals surface area contributed by atoms with Gasteiger partial charge in [0.15, 0.2) is 0 Å². The van der Waals surface area contributed by atoms with Crippen LogP contribution in [0.2, 0.25) is 0 Å². The summed E-state index contributed by atoms with van der Waals surface area (Å²) in [6.45, 7) is 9.35. The number of hydrogen-bond donors (Lipinski definition) is 1. The molecular formula is C12H24N2O2. The predicted octanol–water partition coefficient (Wildman–Crippen LogP) is 1.02. The Balaban J connectivity index is 4.28. The molecule has 0 saturated heterocycles. The van der Waals surface area contributed by atoms with Crippen molar-refractivity contribution in [1.82, 2.24) is 4.90 Å². The third kappa shape index (κ3) is 5.88. The molecule has 2 N–H and O–H groups in total. The van der Waals surface area contributed by atoms with E-state index in [2.05, 4.69) is 20.4 Å². The van der Waals surface area contributed by atoms with E-state index in [9.17, 15) is 4.79 Å². The van der Waals surface area contributed by atoms with Gasteiger partial charge in [-0.1, -0.05) is 19.9 Å². The van der Waals surface area contributed by atoms with E-state index in [1.807, 2.05) is 0 Å². The molecule has 0 bridgehead atoms. The fraction of sp³-hybridized carbons (Fsp3) is 0.750. The summed E-state index contributed by atoms with van der Waals surface area (Å²) in [7, 11) is 1.62. The summed E-state index contributed by atoms with van der Waals surface area (Å²) in [5.41, 5.74) is 5.85. The van der Waals surface area contributed by atoms with Crippen molar-refractivity contribution in [2.24, 2.45) is 11.7 Å². The monoisotopic (exact) mass is 228 g/mol. The zero-order chi connectivity index (χ0) is 12.6. The summed E-state index contributed by atoms with van der Waals surface area (Å²) < 4.78 is 4.96. The average molecular weight is 228 g/mol. The molecule has 0 aliphatic carbocycles. The quantitative estimate of drug-likeness (QED) is 0.631. The summed E-state index contributed by atoms with van der Waals surface area (Å²) in [4.78, 5) is 13.7. The number of carbonyl (C=O) groups excluding carboxylic acids is 1. The molecule has 0 aliphatic rings. The van der Waals surface area contributed by atoms with Crippen LogP contribution in [0.5, 0.6) is 0 Å². The topological polar surface area (TPSA) is 55.6 Å². The molecule has 0 heterocycles. The third-order valence-corrected chi connectivity index (χ3v) is 2.27. The molecule has 0 aromatic carbocycles. The molecule has 0 radical (unpaired) electrons. The maximum atomic E-state index is 12.0. The first kappa shape index (κ1) is 15.1. The van der Waals surface area contributed by atoms with E-state index < -0.39 is 6.04 Å². The van der Waals surface area contributed by atoms with Gasteiger partial charge >= 0.3 is 0 Å². The number of carbonyl (C=O) groups is 1. The summed E-state index contributed by atoms with van der Waals surface area (Å²) in [5, 5.41) is 0. The summed E-state index contributed by atoms with van der Waals surface area (Å²) in [6.07, 6.45) is 2.41. The van der Waals surface area contributed by atoms with Crippen LogP contribution in [0.25, 0.3) is 0 Å². The van der Waals surface area contributed by atoms with Crippen LogP contribution >= 0.6 is 0 Å². The lowest BCUT2D eigenvalue weighted by Crippen LogP contribution is -2.45. The molecule has 1 unspecified atom stereocenters. The van der Waals surface area contributed by atoms with Gasteiger partial charge in [0.05, 0.1) is 12.6 Å². The van der Waals surface area contributed by atoms with Crippen molar-refractivity contribution in [2.45, 2.75) is 26.3 Å². The van der Waals surface area contributed by atoms with Gasteiger partial charge in [-0.05, 0) is 12.3 Å². The molecular weight excluding hydrogens is 204 g/mol. The van der Waals surface area contributed by atoms with E-state index in [0.717, 1.165) is 0 Å². The average Bonchev–Trinajstić information content (AvgIpc) is 2.22. The van der Waals surface area contributed by atoms with E-state index in [1.165, 1.54) is 0 Å². The molecule has 0 saturated carbocycles. The SMILES string of the molecule is C=CCN(CCOC)C(=O)C(N)CC(C)C. The predicted molar refractivity (Wildman–Crippen MR) is 66.1 cm³/mol. The number of methoxy groups -OCH3 is 1. The van der Waals surface area contributed by atoms with Crippen molar-refractivity contribution < 1.29 is 9.53 Å². The van der Waals surface area contributed by atoms with E-state index in [4.69, 9.17) is 10.5 Å². The standard InChI is InChI=1S/C12H24N2O2/c1-5-6-14(7-8-16-4)12(15)11(13)9-10(2)3/h5,10-11H,1,6-9,13H2,2-4H3. The summed E-state index contributed by atoms with van der Waals surface area (Å²) >= 11 is 0. The van der Waals surface area contributed by atoms with E-state index >= 15 is 0 Å². The lowest BCUT2D eigenvalue weighted by Gasteiger charge is -2.25. The maximum absolute atomic E-state index is 12.0. The number of nitrogens with two attached hydrogens (primary N) is 1. The lowest BCUT2D eigenvalue weighted by molar-refractivity contribution is -0.133. The minimum atomic E-state index is -0.420. The Morgan fingerprint density at radius 3 is 2.62 bits per heavy atom. The van der Waals surface area contributed by atoms with E-state index in [1.54, 1.807) is 18.1 Å². The van der Waals surface area contributed by atoms with Gasteiger partial charge in [-0.25, -0.2) is 0 Å². The van der Waals surface area contributed by atoms with Crippen LogP contribution in [0, 0.1) is 5.92 Å². The lowest BCUT2D eigenvalue weighted by atomic mass is 10.0. The van der Waals surface area contributed by atoms with Crippen LogP contribution in [-0.2, 0) is 9.53 Å². The molecule has 94 valence electrons. The second-order valence-corrected chi connectivity index (χ2v) is 4.30. The molecule has 0 spiro atoms. The van der Waals surface area contributed by atoms with Gasteiger partial charge in [-0.2, -0.15) is 0 Å². The van der Waals surface area contributed by atoms with Crippen molar-refractivity contribution in [3.05, 3.63) is 12.7 Å². The normalized spacial score (nSPS) is 12.6. The van der Waals surface area contributed by atoms with E-state index in [0.29, 0.717) is 32.0 Å². The Morgan fingerprint density at radius 1 is 1.56 bits per heavy atom. The number of amides is 1. The second-order valence-electron chi connectivity index (χ2n) is 4.30. The van der Waals surface area contributed by atoms with Crippen molar-refractivity contribution in [3.63, 3.8) is 0 Å². The highest BCUT2D eigenvalue weighted by atomic mass is 16.5. The van der Waals surface area contributed by atoms with Crippen LogP contribution in [0.1, 0.15) is 20.3 Å². The summed E-state index contributed by atoms with van der Waals surface area (Å²) in [6, 6.07) is -0.420. The molecule has 1 amide bonds. The zero-order valence-electron chi connectivity index (χ0n) is 10.6. The Hall–Kier alpha value is -0.870. The van der Waals surface area contributed by atoms with Crippen LogP contribution < -0.4 is 5.73 Å². The van der Waals surface area contributed by atoms with Gasteiger partial charge in [0.25, 0.3) is 0 Å². The van der Waals surface area contributed by atoms with Crippen molar-refractivity contribution in [2.75, 3.05) is 26.8 Å². The van der Waals surface area contributed by atoms with Gasteiger partial charge in [0, 0.05) is 20.2 Å². The first-order valence-electron chi connectivity index (χ1n) is 5.67. The van der Waals surface area contributed by atoms with Crippen LogP contribution in [-0.4, -0.2) is 43.7 Å². The van der Waals surface area contributed by atoms with Gasteiger partial charge in [0.2, 0.25) is 5.91 Å². The van der Waals surface area contributed by atoms with Crippen LogP contribution in [0.3, 0.4) is 0 Å². The fourth-order valence-electron chi connectivity index (χ4n) is 1.49. The second kappa shape index (κ2) is 8.30. The molecule has 0 aromatic heterocycles. The number of ether oxygens (including phenoxy) is 1. The number of hydrogen-bond acceptors (Lipinski definition) is 3. The Bertz CT molecular complexity index is 217. The third-order valence-electron chi connectivity index (χ3n) is 2.27. The van der Waals surface area contributed by atoms with Gasteiger partial charge < -0.3 is 15.4 Å². The zero-order valence-corrected chi connectivity index (χ0v) is 10.6. The minimum Gasteiger partial charge on any atom is -0.383 e. The number of rotatable bonds is 8. The molecule has 0 aromatic rings. The Morgan fingerprint density at radius 2 is 2.19 bits per heavy atom. The minimum absolute atomic E-state index is 0.0225. The molecule has 1 atom stereocenters. The number of nitrogens with zero attached hydrogens (tertiary/aromatic N) is 1. The summed E-state index contributed by atoms with van der Waals surface area (Å²) in [5.74, 6) is 0.401. The van der Waals surface area contributed by atoms with Crippen molar-refractivity contribution in [1.29, 1.82) is 0 Å². The molecule has 0 rings (SSSR count). The molecule has 16 heavy (non-hydrogen) atoms. The fourth-order valence-corrected chi connectivity index (χ4v) is 1.49. The van der Waals surface area contributed by atoms with Crippen molar-refractivity contribution in [3.8, 4) is 0 Å². The Labute approximate surface area is 98.4 Å². The van der Waals surface area contributed by atoms with Crippen LogP contribution in [0.4, 0.5) is 0 Å². The van der Waals surface area contributed by atoms with Gasteiger partial charge in [0.1, 0.15) is 0 Å². The van der Waals surface area contributed by atoms with Gasteiger partial charge in [-0.15, -0.1) is 6.58 Å². The van der Waals surface area contributed by atoms with E-state index in [-0.39, 0.29) is 5.91 Å². The molecule has 4 nitrogen and oxygen atoms in total. The molecule has 0 aliphatic heterocycles. The molecule has 4 heteroatoms. The van der Waals surface area contributed by atoms with Crippen LogP contribution in [0.15, 0.2) is 12.7 Å². The van der Waals surface area contributed by atoms with Gasteiger partial charge in [-0.3, -0.25) is 4.79 Å². The first-order chi connectivity index (χ1) is 7.52.